The lowest BCUT2D eigenvalue weighted by atomic mass is 9.84. The van der Waals surface area contributed by atoms with Crippen LogP contribution in [0.15, 0.2) is 4.99 Å². The van der Waals surface area contributed by atoms with Crippen LogP contribution in [0, 0.1) is 5.41 Å². The highest BCUT2D eigenvalue weighted by Crippen LogP contribution is 2.33. The van der Waals surface area contributed by atoms with Gasteiger partial charge in [0.05, 0.1) is 18.8 Å². The van der Waals surface area contributed by atoms with Crippen molar-refractivity contribution in [3.8, 4) is 0 Å². The number of hydrogen-bond donors (Lipinski definition) is 3. The Bertz CT molecular complexity index is 417. The van der Waals surface area contributed by atoms with Gasteiger partial charge in [-0.05, 0) is 39.0 Å². The Balaban J connectivity index is 1.96. The minimum Gasteiger partial charge on any atom is -0.396 e. The zero-order valence-electron chi connectivity index (χ0n) is 16.8. The van der Waals surface area contributed by atoms with Gasteiger partial charge < -0.3 is 25.2 Å². The lowest BCUT2D eigenvalue weighted by Crippen LogP contribution is -2.50. The van der Waals surface area contributed by atoms with Crippen LogP contribution in [0.5, 0.6) is 0 Å². The lowest BCUT2D eigenvalue weighted by Gasteiger charge is -2.38. The van der Waals surface area contributed by atoms with E-state index in [1.807, 2.05) is 0 Å². The number of nitrogens with zero attached hydrogens (tertiary/aromatic N) is 1. The Morgan fingerprint density at radius 1 is 1.15 bits per heavy atom. The zero-order chi connectivity index (χ0) is 18.7. The summed E-state index contributed by atoms with van der Waals surface area (Å²) in [5.41, 5.74) is -0.0674. The number of aliphatic imine (C=N–C) groups is 1. The maximum Gasteiger partial charge on any atom is 0.191 e. The molecule has 0 radical (unpaired) electrons. The van der Waals surface area contributed by atoms with Gasteiger partial charge in [0.2, 0.25) is 0 Å². The average molecular weight is 370 g/mol. The van der Waals surface area contributed by atoms with Crippen LogP contribution in [0.1, 0.15) is 65.2 Å². The monoisotopic (exact) mass is 369 g/mol. The molecule has 0 bridgehead atoms. The van der Waals surface area contributed by atoms with Crippen LogP contribution in [-0.4, -0.2) is 62.7 Å². The fourth-order valence-electron chi connectivity index (χ4n) is 4.01. The van der Waals surface area contributed by atoms with Crippen molar-refractivity contribution in [2.45, 2.75) is 70.8 Å². The molecule has 3 N–H and O–H groups in total. The highest BCUT2D eigenvalue weighted by atomic mass is 16.5. The van der Waals surface area contributed by atoms with Gasteiger partial charge in [0, 0.05) is 38.3 Å². The molecule has 2 aliphatic rings. The number of nitrogens with one attached hydrogen (secondary N) is 2. The molecule has 0 aromatic heterocycles. The summed E-state index contributed by atoms with van der Waals surface area (Å²) in [5, 5.41) is 16.3. The van der Waals surface area contributed by atoms with Crippen LogP contribution < -0.4 is 10.6 Å². The minimum absolute atomic E-state index is 0.0155. The Hall–Kier alpha value is -0.850. The number of aliphatic hydroxyl groups excluding tert-OH is 1. The van der Waals surface area contributed by atoms with Gasteiger partial charge >= 0.3 is 0 Å². The number of hydrogen-bond acceptors (Lipinski definition) is 4. The second-order valence-electron chi connectivity index (χ2n) is 7.92. The molecule has 0 aromatic carbocycles. The second kappa shape index (κ2) is 11.1. The highest BCUT2D eigenvalue weighted by Gasteiger charge is 2.35. The molecule has 1 unspecified atom stereocenters. The Kier molecular flexibility index (Phi) is 9.16. The molecule has 1 saturated heterocycles. The van der Waals surface area contributed by atoms with Crippen LogP contribution in [0.2, 0.25) is 0 Å². The van der Waals surface area contributed by atoms with E-state index < -0.39 is 0 Å². The molecule has 1 aliphatic carbocycles. The molecule has 2 rings (SSSR count). The van der Waals surface area contributed by atoms with E-state index in [0.717, 1.165) is 64.4 Å². The first kappa shape index (κ1) is 21.5. The van der Waals surface area contributed by atoms with Gasteiger partial charge in [0.1, 0.15) is 0 Å². The average Bonchev–Trinajstić information content (AvgIpc) is 3.12. The summed E-state index contributed by atoms with van der Waals surface area (Å²) in [6.07, 6.45) is 8.84. The molecule has 2 fully saturated rings. The molecule has 152 valence electrons. The molecule has 0 amide bonds. The third-order valence-corrected chi connectivity index (χ3v) is 5.70. The number of aliphatic hydroxyl groups is 1. The zero-order valence-corrected chi connectivity index (χ0v) is 16.8. The van der Waals surface area contributed by atoms with E-state index in [1.165, 1.54) is 19.3 Å². The standard InChI is InChI=1S/C20H39N3O3/c1-3-13-26-20(8-6-5-7-9-20)16-23-18(21-4-2)22-15-19(10-12-24)11-14-25-17-19/h24H,3-17H2,1-2H3,(H2,21,22,23). The molecule has 0 aromatic rings. The summed E-state index contributed by atoms with van der Waals surface area (Å²) >= 11 is 0. The maximum absolute atomic E-state index is 9.40. The first-order valence-electron chi connectivity index (χ1n) is 10.5. The summed E-state index contributed by atoms with van der Waals surface area (Å²) in [5.74, 6) is 0.849. The van der Waals surface area contributed by atoms with Gasteiger partial charge in [-0.1, -0.05) is 26.2 Å². The van der Waals surface area contributed by atoms with E-state index >= 15 is 0 Å². The Labute approximate surface area is 159 Å². The van der Waals surface area contributed by atoms with Gasteiger partial charge in [0.15, 0.2) is 5.96 Å². The lowest BCUT2D eigenvalue weighted by molar-refractivity contribution is -0.0657. The van der Waals surface area contributed by atoms with Crippen molar-refractivity contribution in [2.75, 3.05) is 46.1 Å². The predicted octanol–water partition coefficient (Wildman–Crippen LogP) is 2.46. The summed E-state index contributed by atoms with van der Waals surface area (Å²) < 4.78 is 11.9. The van der Waals surface area contributed by atoms with E-state index in [4.69, 9.17) is 14.5 Å². The smallest absolute Gasteiger partial charge is 0.191 e. The number of rotatable bonds is 10. The maximum atomic E-state index is 9.40. The quantitative estimate of drug-likeness (QED) is 0.407. The third kappa shape index (κ3) is 6.39. The van der Waals surface area contributed by atoms with E-state index in [0.29, 0.717) is 13.2 Å². The van der Waals surface area contributed by atoms with E-state index in [-0.39, 0.29) is 17.6 Å². The normalized spacial score (nSPS) is 26.0. The van der Waals surface area contributed by atoms with E-state index in [2.05, 4.69) is 24.5 Å². The van der Waals surface area contributed by atoms with Gasteiger partial charge in [-0.25, -0.2) is 0 Å². The summed E-state index contributed by atoms with van der Waals surface area (Å²) in [6.45, 7) is 9.06. The molecule has 26 heavy (non-hydrogen) atoms. The molecule has 1 atom stereocenters. The molecule has 6 heteroatoms. The molecule has 1 aliphatic heterocycles. The van der Waals surface area contributed by atoms with Crippen molar-refractivity contribution in [2.24, 2.45) is 10.4 Å². The minimum atomic E-state index is -0.0519. The number of guanidine groups is 1. The predicted molar refractivity (Wildman–Crippen MR) is 106 cm³/mol. The second-order valence-corrected chi connectivity index (χ2v) is 7.92. The Morgan fingerprint density at radius 3 is 2.58 bits per heavy atom. The van der Waals surface area contributed by atoms with Crippen LogP contribution in [-0.2, 0) is 9.47 Å². The van der Waals surface area contributed by atoms with Crippen LogP contribution in [0.4, 0.5) is 0 Å². The topological polar surface area (TPSA) is 75.1 Å². The summed E-state index contributed by atoms with van der Waals surface area (Å²) in [6, 6.07) is 0. The van der Waals surface area contributed by atoms with Gasteiger partial charge in [-0.15, -0.1) is 0 Å². The molecular weight excluding hydrogens is 330 g/mol. The molecule has 6 nitrogen and oxygen atoms in total. The summed E-state index contributed by atoms with van der Waals surface area (Å²) in [4.78, 5) is 4.83. The van der Waals surface area contributed by atoms with Gasteiger partial charge in [0.25, 0.3) is 0 Å². The number of ether oxygens (including phenoxy) is 2. The fraction of sp³-hybridized carbons (Fsp3) is 0.950. The van der Waals surface area contributed by atoms with E-state index in [1.54, 1.807) is 0 Å². The first-order valence-corrected chi connectivity index (χ1v) is 10.5. The van der Waals surface area contributed by atoms with Crippen LogP contribution in [0.25, 0.3) is 0 Å². The van der Waals surface area contributed by atoms with Crippen molar-refractivity contribution in [1.29, 1.82) is 0 Å². The van der Waals surface area contributed by atoms with Crippen molar-refractivity contribution < 1.29 is 14.6 Å². The van der Waals surface area contributed by atoms with Crippen LogP contribution in [0.3, 0.4) is 0 Å². The molecular formula is C20H39N3O3. The fourth-order valence-corrected chi connectivity index (χ4v) is 4.01. The van der Waals surface area contributed by atoms with Gasteiger partial charge in [-0.3, -0.25) is 4.99 Å². The van der Waals surface area contributed by atoms with Crippen molar-refractivity contribution >= 4 is 5.96 Å². The highest BCUT2D eigenvalue weighted by molar-refractivity contribution is 5.79. The van der Waals surface area contributed by atoms with Gasteiger partial charge in [-0.2, -0.15) is 0 Å². The summed E-state index contributed by atoms with van der Waals surface area (Å²) in [7, 11) is 0. The van der Waals surface area contributed by atoms with Crippen molar-refractivity contribution in [1.82, 2.24) is 10.6 Å². The van der Waals surface area contributed by atoms with Crippen molar-refractivity contribution in [3.05, 3.63) is 0 Å². The molecule has 1 saturated carbocycles. The first-order chi connectivity index (χ1) is 12.7. The largest absolute Gasteiger partial charge is 0.396 e. The SMILES string of the molecule is CCCOC1(CNC(=NCC2(CCO)CCOC2)NCC)CCCCC1. The van der Waals surface area contributed by atoms with Crippen molar-refractivity contribution in [3.63, 3.8) is 0 Å². The third-order valence-electron chi connectivity index (χ3n) is 5.70. The Morgan fingerprint density at radius 2 is 1.96 bits per heavy atom. The molecule has 1 heterocycles. The van der Waals surface area contributed by atoms with E-state index in [9.17, 15) is 5.11 Å². The molecule has 0 spiro atoms. The van der Waals surface area contributed by atoms with Crippen LogP contribution >= 0.6 is 0 Å².